The average Bonchev–Trinajstić information content (AvgIpc) is 3.00. The zero-order valence-electron chi connectivity index (χ0n) is 13.7. The standard InChI is InChI=1S/C16H23N5O2/c1-19(2)12-5-6-17-14(10-12)15(22)20-8-3-4-13(11-20)21-9-7-18-16(21)23/h5-6,10,13H,3-4,7-9,11H2,1-2H3,(H,18,23). The molecule has 0 aliphatic carbocycles. The van der Waals surface area contributed by atoms with Gasteiger partial charge in [-0.15, -0.1) is 0 Å². The lowest BCUT2D eigenvalue weighted by Gasteiger charge is -2.36. The molecule has 1 N–H and O–H groups in total. The van der Waals surface area contributed by atoms with Gasteiger partial charge in [0.1, 0.15) is 5.69 Å². The number of carbonyl (C=O) groups excluding carboxylic acids is 2. The lowest BCUT2D eigenvalue weighted by Crippen LogP contribution is -2.50. The van der Waals surface area contributed by atoms with E-state index in [0.717, 1.165) is 31.6 Å². The lowest BCUT2D eigenvalue weighted by atomic mass is 10.0. The summed E-state index contributed by atoms with van der Waals surface area (Å²) in [4.78, 5) is 34.4. The van der Waals surface area contributed by atoms with Crippen LogP contribution in [0, 0.1) is 0 Å². The van der Waals surface area contributed by atoms with E-state index in [-0.39, 0.29) is 18.0 Å². The molecular weight excluding hydrogens is 294 g/mol. The molecule has 2 aliphatic rings. The molecule has 0 saturated carbocycles. The minimum absolute atomic E-state index is 0.0166. The molecule has 7 nitrogen and oxygen atoms in total. The van der Waals surface area contributed by atoms with Gasteiger partial charge in [-0.05, 0) is 25.0 Å². The monoisotopic (exact) mass is 317 g/mol. The fourth-order valence-electron chi connectivity index (χ4n) is 3.20. The minimum Gasteiger partial charge on any atom is -0.378 e. The van der Waals surface area contributed by atoms with E-state index in [2.05, 4.69) is 10.3 Å². The fourth-order valence-corrected chi connectivity index (χ4v) is 3.20. The third-order valence-electron chi connectivity index (χ3n) is 4.49. The van der Waals surface area contributed by atoms with Gasteiger partial charge in [-0.3, -0.25) is 9.78 Å². The van der Waals surface area contributed by atoms with Crippen LogP contribution >= 0.6 is 0 Å². The molecule has 3 amide bonds. The van der Waals surface area contributed by atoms with Gasteiger partial charge in [0.2, 0.25) is 0 Å². The van der Waals surface area contributed by atoms with E-state index in [0.29, 0.717) is 18.8 Å². The van der Waals surface area contributed by atoms with E-state index < -0.39 is 0 Å². The largest absolute Gasteiger partial charge is 0.378 e. The van der Waals surface area contributed by atoms with Crippen molar-refractivity contribution in [1.82, 2.24) is 20.1 Å². The lowest BCUT2D eigenvalue weighted by molar-refractivity contribution is 0.0629. The highest BCUT2D eigenvalue weighted by Crippen LogP contribution is 2.20. The summed E-state index contributed by atoms with van der Waals surface area (Å²) >= 11 is 0. The Bertz CT molecular complexity index is 604. The Labute approximate surface area is 136 Å². The van der Waals surface area contributed by atoms with Gasteiger partial charge in [0.15, 0.2) is 0 Å². The zero-order chi connectivity index (χ0) is 16.4. The minimum atomic E-state index is -0.0574. The van der Waals surface area contributed by atoms with Gasteiger partial charge in [0, 0.05) is 52.2 Å². The molecule has 0 aromatic carbocycles. The Hall–Kier alpha value is -2.31. The molecule has 0 radical (unpaired) electrons. The van der Waals surface area contributed by atoms with Gasteiger partial charge in [0.05, 0.1) is 6.04 Å². The number of rotatable bonds is 3. The molecule has 0 bridgehead atoms. The highest BCUT2D eigenvalue weighted by molar-refractivity contribution is 5.93. The number of anilines is 1. The molecule has 1 aromatic heterocycles. The number of urea groups is 1. The number of nitrogens with one attached hydrogen (secondary N) is 1. The van der Waals surface area contributed by atoms with Crippen LogP contribution in [0.3, 0.4) is 0 Å². The smallest absolute Gasteiger partial charge is 0.317 e. The number of amides is 3. The fraction of sp³-hybridized carbons (Fsp3) is 0.562. The SMILES string of the molecule is CN(C)c1ccnc(C(=O)N2CCCC(N3CCNC3=O)C2)c1. The van der Waals surface area contributed by atoms with E-state index in [1.165, 1.54) is 0 Å². The molecule has 3 rings (SSSR count). The van der Waals surface area contributed by atoms with Gasteiger partial charge >= 0.3 is 6.03 Å². The maximum absolute atomic E-state index is 12.7. The molecule has 7 heteroatoms. The Balaban J connectivity index is 1.72. The molecule has 1 aromatic rings. The summed E-state index contributed by atoms with van der Waals surface area (Å²) in [6.45, 7) is 2.72. The molecule has 0 spiro atoms. The number of pyridine rings is 1. The van der Waals surface area contributed by atoms with Crippen LogP contribution in [0.2, 0.25) is 0 Å². The Morgan fingerprint density at radius 1 is 1.39 bits per heavy atom. The first-order chi connectivity index (χ1) is 11.1. The van der Waals surface area contributed by atoms with Crippen molar-refractivity contribution >= 4 is 17.6 Å². The molecule has 3 heterocycles. The van der Waals surface area contributed by atoms with Crippen molar-refractivity contribution in [2.45, 2.75) is 18.9 Å². The predicted octanol–water partition coefficient (Wildman–Crippen LogP) is 0.777. The zero-order valence-corrected chi connectivity index (χ0v) is 13.7. The number of nitrogens with zero attached hydrogens (tertiary/aromatic N) is 4. The van der Waals surface area contributed by atoms with E-state index in [1.54, 1.807) is 6.20 Å². The normalized spacial score (nSPS) is 21.3. The number of piperidine rings is 1. The van der Waals surface area contributed by atoms with E-state index in [4.69, 9.17) is 0 Å². The molecule has 23 heavy (non-hydrogen) atoms. The molecular formula is C16H23N5O2. The van der Waals surface area contributed by atoms with Gasteiger partial charge in [-0.25, -0.2) is 4.79 Å². The van der Waals surface area contributed by atoms with Gasteiger partial charge < -0.3 is 20.0 Å². The number of likely N-dealkylation sites (tertiary alicyclic amines) is 1. The quantitative estimate of drug-likeness (QED) is 0.894. The number of hydrogen-bond acceptors (Lipinski definition) is 4. The highest BCUT2D eigenvalue weighted by atomic mass is 16.2. The summed E-state index contributed by atoms with van der Waals surface area (Å²) < 4.78 is 0. The summed E-state index contributed by atoms with van der Waals surface area (Å²) in [6.07, 6.45) is 3.52. The molecule has 2 fully saturated rings. The first-order valence-electron chi connectivity index (χ1n) is 8.03. The Morgan fingerprint density at radius 2 is 2.22 bits per heavy atom. The third-order valence-corrected chi connectivity index (χ3v) is 4.49. The number of hydrogen-bond donors (Lipinski definition) is 1. The molecule has 2 aliphatic heterocycles. The first kappa shape index (κ1) is 15.6. The summed E-state index contributed by atoms with van der Waals surface area (Å²) in [5, 5.41) is 2.83. The van der Waals surface area contributed by atoms with Crippen LogP contribution in [0.15, 0.2) is 18.3 Å². The second-order valence-corrected chi connectivity index (χ2v) is 6.27. The second-order valence-electron chi connectivity index (χ2n) is 6.27. The van der Waals surface area contributed by atoms with Crippen LogP contribution in [0.1, 0.15) is 23.3 Å². The molecule has 2 saturated heterocycles. The van der Waals surface area contributed by atoms with Crippen LogP contribution in [0.25, 0.3) is 0 Å². The first-order valence-corrected chi connectivity index (χ1v) is 8.03. The van der Waals surface area contributed by atoms with E-state index in [9.17, 15) is 9.59 Å². The van der Waals surface area contributed by atoms with E-state index in [1.807, 2.05) is 40.9 Å². The van der Waals surface area contributed by atoms with Crippen LogP contribution in [-0.2, 0) is 0 Å². The summed E-state index contributed by atoms with van der Waals surface area (Å²) in [6, 6.07) is 3.78. The van der Waals surface area contributed by atoms with Crippen molar-refractivity contribution in [3.05, 3.63) is 24.0 Å². The highest BCUT2D eigenvalue weighted by Gasteiger charge is 2.33. The van der Waals surface area contributed by atoms with Crippen molar-refractivity contribution in [2.24, 2.45) is 0 Å². The predicted molar refractivity (Wildman–Crippen MR) is 87.6 cm³/mol. The summed E-state index contributed by atoms with van der Waals surface area (Å²) in [5.74, 6) is -0.0574. The van der Waals surface area contributed by atoms with Crippen molar-refractivity contribution in [1.29, 1.82) is 0 Å². The average molecular weight is 317 g/mol. The summed E-state index contributed by atoms with van der Waals surface area (Å²) in [7, 11) is 3.87. The van der Waals surface area contributed by atoms with Crippen LogP contribution < -0.4 is 10.2 Å². The van der Waals surface area contributed by atoms with E-state index >= 15 is 0 Å². The van der Waals surface area contributed by atoms with Crippen molar-refractivity contribution in [2.75, 3.05) is 45.2 Å². The van der Waals surface area contributed by atoms with Crippen LogP contribution in [0.5, 0.6) is 0 Å². The van der Waals surface area contributed by atoms with Crippen LogP contribution in [-0.4, -0.2) is 73.0 Å². The third kappa shape index (κ3) is 3.23. The number of aromatic nitrogens is 1. The van der Waals surface area contributed by atoms with Crippen LogP contribution in [0.4, 0.5) is 10.5 Å². The summed E-state index contributed by atoms with van der Waals surface area (Å²) in [5.41, 5.74) is 1.42. The van der Waals surface area contributed by atoms with Gasteiger partial charge in [-0.1, -0.05) is 0 Å². The maximum atomic E-state index is 12.7. The Morgan fingerprint density at radius 3 is 2.91 bits per heavy atom. The number of carbonyl (C=O) groups is 2. The molecule has 1 atom stereocenters. The second kappa shape index (κ2) is 6.44. The van der Waals surface area contributed by atoms with Crippen molar-refractivity contribution in [3.63, 3.8) is 0 Å². The maximum Gasteiger partial charge on any atom is 0.317 e. The van der Waals surface area contributed by atoms with Crippen molar-refractivity contribution in [3.8, 4) is 0 Å². The Kier molecular flexibility index (Phi) is 4.36. The van der Waals surface area contributed by atoms with Crippen molar-refractivity contribution < 1.29 is 9.59 Å². The van der Waals surface area contributed by atoms with Gasteiger partial charge in [0.25, 0.3) is 5.91 Å². The molecule has 1 unspecified atom stereocenters. The van der Waals surface area contributed by atoms with Gasteiger partial charge in [-0.2, -0.15) is 0 Å². The molecule has 124 valence electrons. The topological polar surface area (TPSA) is 68.8 Å².